The highest BCUT2D eigenvalue weighted by Crippen LogP contribution is 2.23. The van der Waals surface area contributed by atoms with Crippen LogP contribution in [0.25, 0.3) is 0 Å². The molecule has 1 heterocycles. The molecule has 0 aliphatic carbocycles. The fourth-order valence-corrected chi connectivity index (χ4v) is 2.96. The predicted molar refractivity (Wildman–Crippen MR) is 89.3 cm³/mol. The van der Waals surface area contributed by atoms with Crippen molar-refractivity contribution in [3.05, 3.63) is 10.1 Å². The van der Waals surface area contributed by atoms with Gasteiger partial charge in [-0.1, -0.05) is 0 Å². The SMILES string of the molecule is Cl.N#CC1SCCN1C(=O)[C@@H](N)CCCCNC(N)=N[N+](=O)[O-]. The molecule has 2 atom stereocenters. The monoisotopic (exact) mass is 365 g/mol. The molecule has 1 aliphatic heterocycles. The molecule has 0 spiro atoms. The molecular formula is C11H20ClN7O3S. The van der Waals surface area contributed by atoms with Crippen LogP contribution in [0.1, 0.15) is 19.3 Å². The Morgan fingerprint density at radius 3 is 2.91 bits per heavy atom. The van der Waals surface area contributed by atoms with E-state index < -0.39 is 16.4 Å². The average molecular weight is 366 g/mol. The summed E-state index contributed by atoms with van der Waals surface area (Å²) < 4.78 is 0. The highest BCUT2D eigenvalue weighted by Gasteiger charge is 2.31. The molecule has 5 N–H and O–H groups in total. The van der Waals surface area contributed by atoms with Crippen LogP contribution in [-0.2, 0) is 4.79 Å². The van der Waals surface area contributed by atoms with Gasteiger partial charge in [0.2, 0.25) is 5.91 Å². The number of nitriles is 1. The fourth-order valence-electron chi connectivity index (χ4n) is 1.97. The Kier molecular flexibility index (Phi) is 10.0. The maximum atomic E-state index is 12.1. The first kappa shape index (κ1) is 21.2. The topological polar surface area (TPSA) is 164 Å². The summed E-state index contributed by atoms with van der Waals surface area (Å²) in [5.41, 5.74) is 11.1. The smallest absolute Gasteiger partial charge is 0.266 e. The summed E-state index contributed by atoms with van der Waals surface area (Å²) >= 11 is 1.43. The maximum Gasteiger partial charge on any atom is 0.266 e. The zero-order valence-electron chi connectivity index (χ0n) is 12.4. The number of carbonyl (C=O) groups excluding carboxylic acids is 1. The Bertz CT molecular complexity index is 485. The van der Waals surface area contributed by atoms with E-state index in [0.717, 1.165) is 5.75 Å². The van der Waals surface area contributed by atoms with Crippen LogP contribution in [-0.4, -0.2) is 52.1 Å². The molecule has 1 aliphatic rings. The van der Waals surface area contributed by atoms with Gasteiger partial charge >= 0.3 is 0 Å². The molecule has 0 aromatic carbocycles. The van der Waals surface area contributed by atoms with Crippen molar-refractivity contribution < 1.29 is 9.83 Å². The van der Waals surface area contributed by atoms with Gasteiger partial charge in [-0.25, -0.2) is 10.1 Å². The molecule has 130 valence electrons. The van der Waals surface area contributed by atoms with E-state index in [4.69, 9.17) is 16.7 Å². The number of nitrogens with zero attached hydrogens (tertiary/aromatic N) is 4. The second kappa shape index (κ2) is 10.9. The highest BCUT2D eigenvalue weighted by atomic mass is 35.5. The van der Waals surface area contributed by atoms with E-state index in [2.05, 4.69) is 16.5 Å². The van der Waals surface area contributed by atoms with Crippen molar-refractivity contribution in [1.82, 2.24) is 10.2 Å². The van der Waals surface area contributed by atoms with Crippen LogP contribution >= 0.6 is 24.2 Å². The first-order valence-electron chi connectivity index (χ1n) is 6.75. The predicted octanol–water partition coefficient (Wildman–Crippen LogP) is -0.573. The molecule has 1 unspecified atom stereocenters. The molecule has 0 aromatic rings. The number of unbranched alkanes of at least 4 members (excludes halogenated alkanes) is 1. The second-order valence-corrected chi connectivity index (χ2v) is 5.82. The van der Waals surface area contributed by atoms with E-state index in [1.807, 2.05) is 0 Å². The number of nitrogens with two attached hydrogens (primary N) is 2. The zero-order valence-corrected chi connectivity index (χ0v) is 14.0. The number of nitro groups is 1. The molecular weight excluding hydrogens is 346 g/mol. The van der Waals surface area contributed by atoms with Crippen LogP contribution in [0.2, 0.25) is 0 Å². The third-order valence-electron chi connectivity index (χ3n) is 3.04. The standard InChI is InChI=1S/C11H19N7O3S.ClH/c12-7-9-17(5-6-22-9)10(19)8(13)3-1-2-4-15-11(14)16-18(20)21;/h8-9H,1-6,13H2,(H3,14,15,16);1H/t8-,9?;/m0./s1. The van der Waals surface area contributed by atoms with Crippen molar-refractivity contribution in [3.8, 4) is 6.07 Å². The fraction of sp³-hybridized carbons (Fsp3) is 0.727. The lowest BCUT2D eigenvalue weighted by atomic mass is 10.1. The van der Waals surface area contributed by atoms with E-state index in [-0.39, 0.29) is 24.3 Å². The number of guanidine groups is 1. The molecule has 1 rings (SSSR count). The molecule has 0 saturated carbocycles. The van der Waals surface area contributed by atoms with Gasteiger partial charge in [0, 0.05) is 18.8 Å². The minimum absolute atomic E-state index is 0. The molecule has 23 heavy (non-hydrogen) atoms. The number of hydrogen-bond donors (Lipinski definition) is 3. The quantitative estimate of drug-likeness (QED) is 0.177. The molecule has 1 saturated heterocycles. The molecule has 0 aromatic heterocycles. The lowest BCUT2D eigenvalue weighted by Crippen LogP contribution is -2.45. The highest BCUT2D eigenvalue weighted by molar-refractivity contribution is 8.00. The van der Waals surface area contributed by atoms with Gasteiger partial charge in [-0.3, -0.25) is 4.79 Å². The van der Waals surface area contributed by atoms with E-state index >= 15 is 0 Å². The number of carbonyl (C=O) groups is 1. The van der Waals surface area contributed by atoms with Gasteiger partial charge in [0.25, 0.3) is 5.96 Å². The number of hydrazone groups is 1. The molecule has 10 nitrogen and oxygen atoms in total. The zero-order chi connectivity index (χ0) is 16.5. The first-order valence-corrected chi connectivity index (χ1v) is 7.80. The van der Waals surface area contributed by atoms with Crippen LogP contribution < -0.4 is 16.8 Å². The summed E-state index contributed by atoms with van der Waals surface area (Å²) in [4.78, 5) is 23.7. The minimum atomic E-state index is -0.878. The molecule has 0 radical (unpaired) electrons. The largest absolute Gasteiger partial charge is 0.365 e. The first-order chi connectivity index (χ1) is 10.5. The lowest BCUT2D eigenvalue weighted by molar-refractivity contribution is -0.485. The van der Waals surface area contributed by atoms with Crippen LogP contribution in [0.4, 0.5) is 0 Å². The van der Waals surface area contributed by atoms with E-state index in [1.54, 1.807) is 0 Å². The molecule has 1 amide bonds. The van der Waals surface area contributed by atoms with Crippen molar-refractivity contribution in [2.24, 2.45) is 16.6 Å². The van der Waals surface area contributed by atoms with E-state index in [9.17, 15) is 14.9 Å². The summed E-state index contributed by atoms with van der Waals surface area (Å²) in [7, 11) is 0. The van der Waals surface area contributed by atoms with Crippen molar-refractivity contribution in [3.63, 3.8) is 0 Å². The van der Waals surface area contributed by atoms with Crippen LogP contribution in [0.15, 0.2) is 5.10 Å². The van der Waals surface area contributed by atoms with Gasteiger partial charge in [0.05, 0.1) is 12.1 Å². The Balaban J connectivity index is 0.00000484. The van der Waals surface area contributed by atoms with E-state index in [0.29, 0.717) is 32.4 Å². The number of hydrogen-bond acceptors (Lipinski definition) is 6. The number of nitrogens with one attached hydrogen (secondary N) is 1. The summed E-state index contributed by atoms with van der Waals surface area (Å²) in [5, 5.41) is 23.2. The number of amides is 1. The third kappa shape index (κ3) is 7.36. The normalized spacial score (nSPS) is 18.7. The Hall–Kier alpha value is -1.77. The van der Waals surface area contributed by atoms with Crippen molar-refractivity contribution in [2.75, 3.05) is 18.8 Å². The number of thioether (sulfide) groups is 1. The van der Waals surface area contributed by atoms with Crippen LogP contribution in [0, 0.1) is 21.4 Å². The van der Waals surface area contributed by atoms with Gasteiger partial charge in [0.15, 0.2) is 10.4 Å². The summed E-state index contributed by atoms with van der Waals surface area (Å²) in [6, 6.07) is 1.44. The number of rotatable bonds is 7. The third-order valence-corrected chi connectivity index (χ3v) is 4.13. The van der Waals surface area contributed by atoms with Crippen LogP contribution in [0.3, 0.4) is 0 Å². The van der Waals surface area contributed by atoms with Gasteiger partial charge in [0.1, 0.15) is 5.10 Å². The van der Waals surface area contributed by atoms with Crippen molar-refractivity contribution in [1.29, 1.82) is 5.26 Å². The van der Waals surface area contributed by atoms with Crippen LogP contribution in [0.5, 0.6) is 0 Å². The Morgan fingerprint density at radius 2 is 2.30 bits per heavy atom. The summed E-state index contributed by atoms with van der Waals surface area (Å²) in [5.74, 6) is 0.283. The van der Waals surface area contributed by atoms with E-state index in [1.165, 1.54) is 16.7 Å². The lowest BCUT2D eigenvalue weighted by Gasteiger charge is -2.22. The van der Waals surface area contributed by atoms with Gasteiger partial charge in [-0.2, -0.15) is 5.26 Å². The van der Waals surface area contributed by atoms with Gasteiger partial charge < -0.3 is 21.7 Å². The summed E-state index contributed by atoms with van der Waals surface area (Å²) in [6.07, 6.45) is 1.78. The number of halogens is 1. The average Bonchev–Trinajstić information content (AvgIpc) is 2.93. The molecule has 12 heteroatoms. The van der Waals surface area contributed by atoms with Crippen molar-refractivity contribution in [2.45, 2.75) is 30.7 Å². The molecule has 1 fully saturated rings. The summed E-state index contributed by atoms with van der Waals surface area (Å²) in [6.45, 7) is 0.954. The second-order valence-electron chi connectivity index (χ2n) is 4.64. The van der Waals surface area contributed by atoms with Gasteiger partial charge in [-0.15, -0.1) is 24.2 Å². The van der Waals surface area contributed by atoms with Crippen molar-refractivity contribution >= 4 is 36.0 Å². The maximum absolute atomic E-state index is 12.1. The van der Waals surface area contributed by atoms with Gasteiger partial charge in [-0.05, 0) is 19.3 Å². The minimum Gasteiger partial charge on any atom is -0.365 e. The Morgan fingerprint density at radius 1 is 1.61 bits per heavy atom. The Labute approximate surface area is 144 Å². The molecule has 0 bridgehead atoms.